The first-order valence-corrected chi connectivity index (χ1v) is 8.20. The molecule has 0 unspecified atom stereocenters. The molecule has 0 aliphatic carbocycles. The van der Waals surface area contributed by atoms with Crippen LogP contribution in [-0.2, 0) is 4.79 Å². The van der Waals surface area contributed by atoms with Gasteiger partial charge in [0.25, 0.3) is 0 Å². The van der Waals surface area contributed by atoms with E-state index in [1.165, 1.54) is 11.1 Å². The van der Waals surface area contributed by atoms with Gasteiger partial charge < -0.3 is 9.64 Å². The third-order valence-electron chi connectivity index (χ3n) is 5.40. The molecule has 0 aromatic heterocycles. The minimum atomic E-state index is -0.228. The van der Waals surface area contributed by atoms with Crippen LogP contribution >= 0.6 is 0 Å². The molecule has 0 radical (unpaired) electrons. The number of nitrogens with zero attached hydrogens (tertiary/aromatic N) is 1. The number of ether oxygens (including phenoxy) is 1. The van der Waals surface area contributed by atoms with Crippen LogP contribution in [0.25, 0.3) is 11.1 Å². The Balaban J connectivity index is 1.81. The highest BCUT2D eigenvalue weighted by atomic mass is 16.5. The maximum Gasteiger partial charge on any atom is 0.220 e. The molecule has 2 atom stereocenters. The molecule has 1 saturated heterocycles. The molecule has 0 bridgehead atoms. The molecule has 3 heteroatoms. The maximum absolute atomic E-state index is 12.0. The monoisotopic (exact) mass is 307 g/mol. The Bertz CT molecular complexity index is 755. The van der Waals surface area contributed by atoms with Gasteiger partial charge in [-0.05, 0) is 18.9 Å². The maximum atomic E-state index is 12.0. The van der Waals surface area contributed by atoms with Crippen LogP contribution in [0.1, 0.15) is 31.7 Å². The number of fused-ring (bicyclic) bond motifs is 3. The van der Waals surface area contributed by atoms with Gasteiger partial charge in [0, 0.05) is 30.5 Å². The van der Waals surface area contributed by atoms with Gasteiger partial charge in [0.1, 0.15) is 12.4 Å². The molecule has 1 amide bonds. The van der Waals surface area contributed by atoms with E-state index in [0.717, 1.165) is 24.3 Å². The van der Waals surface area contributed by atoms with Gasteiger partial charge in [-0.2, -0.15) is 0 Å². The average Bonchev–Trinajstić information content (AvgIpc) is 2.93. The standard InChI is InChI=1S/C20H21NO2/c1-14(22)21-12-11-18-17-10-6-9-16(15-7-4-3-5-8-15)19(17)23-13-20(18,21)2/h3-10,18H,11-13H2,1-2H3/t18-,20+/m0/s1. The Labute approximate surface area is 136 Å². The summed E-state index contributed by atoms with van der Waals surface area (Å²) in [6.45, 7) is 5.19. The number of benzene rings is 2. The first-order valence-electron chi connectivity index (χ1n) is 8.20. The second-order valence-electron chi connectivity index (χ2n) is 6.75. The Morgan fingerprint density at radius 2 is 1.96 bits per heavy atom. The van der Waals surface area contributed by atoms with Gasteiger partial charge in [-0.25, -0.2) is 0 Å². The minimum Gasteiger partial charge on any atom is -0.490 e. The molecule has 0 saturated carbocycles. The van der Waals surface area contributed by atoms with Crippen molar-refractivity contribution in [2.45, 2.75) is 31.7 Å². The number of carbonyl (C=O) groups is 1. The highest BCUT2D eigenvalue weighted by Crippen LogP contribution is 2.51. The molecule has 2 aliphatic rings. The van der Waals surface area contributed by atoms with Gasteiger partial charge in [0.2, 0.25) is 5.91 Å². The first-order chi connectivity index (χ1) is 11.1. The van der Waals surface area contributed by atoms with Crippen LogP contribution in [0.4, 0.5) is 0 Å². The molecule has 23 heavy (non-hydrogen) atoms. The lowest BCUT2D eigenvalue weighted by Gasteiger charge is -2.43. The molecule has 4 rings (SSSR count). The normalized spacial score (nSPS) is 25.5. The SMILES string of the molecule is CC(=O)N1CC[C@H]2c3cccc(-c4ccccc4)c3OC[C@]21C. The van der Waals surface area contributed by atoms with Crippen molar-refractivity contribution in [2.75, 3.05) is 13.2 Å². The molecule has 118 valence electrons. The summed E-state index contributed by atoms with van der Waals surface area (Å²) in [5, 5.41) is 0. The highest BCUT2D eigenvalue weighted by molar-refractivity contribution is 5.77. The van der Waals surface area contributed by atoms with Crippen molar-refractivity contribution in [3.8, 4) is 16.9 Å². The van der Waals surface area contributed by atoms with Crippen LogP contribution in [0.3, 0.4) is 0 Å². The predicted octanol–water partition coefficient (Wildman–Crippen LogP) is 3.84. The third kappa shape index (κ3) is 2.07. The highest BCUT2D eigenvalue weighted by Gasteiger charge is 2.51. The van der Waals surface area contributed by atoms with Crippen molar-refractivity contribution in [2.24, 2.45) is 0 Å². The fourth-order valence-corrected chi connectivity index (χ4v) is 4.25. The fraction of sp³-hybridized carbons (Fsp3) is 0.350. The van der Waals surface area contributed by atoms with E-state index in [1.54, 1.807) is 6.92 Å². The molecule has 3 nitrogen and oxygen atoms in total. The molecule has 2 aromatic rings. The van der Waals surface area contributed by atoms with Gasteiger partial charge in [-0.15, -0.1) is 0 Å². The van der Waals surface area contributed by atoms with Crippen molar-refractivity contribution < 1.29 is 9.53 Å². The second kappa shape index (κ2) is 5.12. The summed E-state index contributed by atoms with van der Waals surface area (Å²) in [5.41, 5.74) is 3.33. The number of amides is 1. The largest absolute Gasteiger partial charge is 0.490 e. The van der Waals surface area contributed by atoms with Gasteiger partial charge >= 0.3 is 0 Å². The Kier molecular flexibility index (Phi) is 3.19. The van der Waals surface area contributed by atoms with Crippen LogP contribution < -0.4 is 4.74 Å². The van der Waals surface area contributed by atoms with Crippen molar-refractivity contribution >= 4 is 5.91 Å². The lowest BCUT2D eigenvalue weighted by atomic mass is 9.78. The van der Waals surface area contributed by atoms with E-state index in [2.05, 4.69) is 49.4 Å². The Hall–Kier alpha value is -2.29. The van der Waals surface area contributed by atoms with Crippen LogP contribution in [0.15, 0.2) is 48.5 Å². The topological polar surface area (TPSA) is 29.5 Å². The first kappa shape index (κ1) is 14.3. The minimum absolute atomic E-state index is 0.140. The van der Waals surface area contributed by atoms with E-state index >= 15 is 0 Å². The number of hydrogen-bond donors (Lipinski definition) is 0. The molecular formula is C20H21NO2. The summed E-state index contributed by atoms with van der Waals surface area (Å²) in [4.78, 5) is 14.0. The van der Waals surface area contributed by atoms with Gasteiger partial charge in [0.15, 0.2) is 0 Å². The van der Waals surface area contributed by atoms with E-state index in [-0.39, 0.29) is 11.4 Å². The number of rotatable bonds is 1. The summed E-state index contributed by atoms with van der Waals surface area (Å²) in [6, 6.07) is 16.7. The molecule has 0 spiro atoms. The second-order valence-corrected chi connectivity index (χ2v) is 6.75. The summed E-state index contributed by atoms with van der Waals surface area (Å²) in [5.74, 6) is 1.48. The van der Waals surface area contributed by atoms with Crippen LogP contribution in [0.5, 0.6) is 5.75 Å². The quantitative estimate of drug-likeness (QED) is 0.801. The molecule has 1 fully saturated rings. The number of hydrogen-bond acceptors (Lipinski definition) is 2. The number of likely N-dealkylation sites (tertiary alicyclic amines) is 1. The summed E-state index contributed by atoms with van der Waals surface area (Å²) >= 11 is 0. The van der Waals surface area contributed by atoms with Gasteiger partial charge in [0.05, 0.1) is 5.54 Å². The van der Waals surface area contributed by atoms with Crippen LogP contribution in [0.2, 0.25) is 0 Å². The molecule has 2 heterocycles. The summed E-state index contributed by atoms with van der Waals surface area (Å²) < 4.78 is 6.21. The Morgan fingerprint density at radius 1 is 1.17 bits per heavy atom. The third-order valence-corrected chi connectivity index (χ3v) is 5.40. The number of carbonyl (C=O) groups excluding carboxylic acids is 1. The van der Waals surface area contributed by atoms with Gasteiger partial charge in [-0.3, -0.25) is 4.79 Å². The van der Waals surface area contributed by atoms with E-state index in [0.29, 0.717) is 12.5 Å². The van der Waals surface area contributed by atoms with E-state index in [9.17, 15) is 4.79 Å². The molecule has 2 aliphatic heterocycles. The predicted molar refractivity (Wildman–Crippen MR) is 90.5 cm³/mol. The number of para-hydroxylation sites is 1. The zero-order chi connectivity index (χ0) is 16.0. The lowest BCUT2D eigenvalue weighted by Crippen LogP contribution is -2.52. The van der Waals surface area contributed by atoms with Crippen molar-refractivity contribution in [3.05, 3.63) is 54.1 Å². The van der Waals surface area contributed by atoms with Crippen molar-refractivity contribution in [3.63, 3.8) is 0 Å². The summed E-state index contributed by atoms with van der Waals surface area (Å²) in [7, 11) is 0. The zero-order valence-corrected chi connectivity index (χ0v) is 13.6. The molecule has 2 aromatic carbocycles. The lowest BCUT2D eigenvalue weighted by molar-refractivity contribution is -0.134. The van der Waals surface area contributed by atoms with E-state index < -0.39 is 0 Å². The average molecular weight is 307 g/mol. The van der Waals surface area contributed by atoms with E-state index in [1.807, 2.05) is 11.0 Å². The molecule has 0 N–H and O–H groups in total. The smallest absolute Gasteiger partial charge is 0.220 e. The van der Waals surface area contributed by atoms with Crippen LogP contribution in [0, 0.1) is 0 Å². The zero-order valence-electron chi connectivity index (χ0n) is 13.6. The summed E-state index contributed by atoms with van der Waals surface area (Å²) in [6.07, 6.45) is 1.00. The van der Waals surface area contributed by atoms with Gasteiger partial charge in [-0.1, -0.05) is 48.5 Å². The van der Waals surface area contributed by atoms with E-state index in [4.69, 9.17) is 4.74 Å². The Morgan fingerprint density at radius 3 is 2.70 bits per heavy atom. The fourth-order valence-electron chi connectivity index (χ4n) is 4.25. The van der Waals surface area contributed by atoms with Crippen LogP contribution in [-0.4, -0.2) is 29.5 Å². The van der Waals surface area contributed by atoms with Crippen molar-refractivity contribution in [1.29, 1.82) is 0 Å². The molecular weight excluding hydrogens is 286 g/mol. The van der Waals surface area contributed by atoms with Crippen molar-refractivity contribution in [1.82, 2.24) is 4.90 Å².